The van der Waals surface area contributed by atoms with Crippen LogP contribution in [0.2, 0.25) is 0 Å². The molecule has 1 aliphatic heterocycles. The van der Waals surface area contributed by atoms with E-state index >= 15 is 0 Å². The highest BCUT2D eigenvalue weighted by molar-refractivity contribution is 6.02. The van der Waals surface area contributed by atoms with Gasteiger partial charge in [-0.25, -0.2) is 0 Å². The van der Waals surface area contributed by atoms with Crippen molar-refractivity contribution in [3.8, 4) is 0 Å². The molecule has 3 nitrogen and oxygen atoms in total. The van der Waals surface area contributed by atoms with Gasteiger partial charge < -0.3 is 10.6 Å². The average Bonchev–Trinajstić information content (AvgIpc) is 2.56. The van der Waals surface area contributed by atoms with Crippen LogP contribution in [0.15, 0.2) is 42.5 Å². The Morgan fingerprint density at radius 2 is 1.87 bits per heavy atom. The largest absolute Gasteiger partial charge is 0.326 e. The number of carbonyl (C=O) groups is 1. The lowest BCUT2D eigenvalue weighted by molar-refractivity contribution is -0.117. The van der Waals surface area contributed by atoms with Gasteiger partial charge in [-0.05, 0) is 49.2 Å². The summed E-state index contributed by atoms with van der Waals surface area (Å²) in [6, 6.07) is 14.2. The number of benzene rings is 2. The standard InChI is InChI=1S/C19H24N2O.ClH/c1-14(15-9-11-20-12-10-15)13-19(22)21-18-8-4-6-16-5-2-3-7-17(16)18;/h2-8,14-15,20H,9-13H2,1H3,(H,21,22);1H. The third kappa shape index (κ3) is 4.46. The molecule has 0 aromatic heterocycles. The third-order valence-electron chi connectivity index (χ3n) is 4.76. The third-order valence-corrected chi connectivity index (χ3v) is 4.76. The maximum atomic E-state index is 12.4. The molecule has 0 radical (unpaired) electrons. The van der Waals surface area contributed by atoms with E-state index < -0.39 is 0 Å². The van der Waals surface area contributed by atoms with E-state index in [1.807, 2.05) is 24.3 Å². The van der Waals surface area contributed by atoms with E-state index in [0.717, 1.165) is 29.5 Å². The van der Waals surface area contributed by atoms with Crippen LogP contribution in [-0.2, 0) is 4.79 Å². The minimum Gasteiger partial charge on any atom is -0.326 e. The SMILES string of the molecule is CC(CC(=O)Nc1cccc2ccccc12)C1CCNCC1.Cl. The van der Waals surface area contributed by atoms with Crippen molar-refractivity contribution in [2.24, 2.45) is 11.8 Å². The fraction of sp³-hybridized carbons (Fsp3) is 0.421. The summed E-state index contributed by atoms with van der Waals surface area (Å²) in [5.41, 5.74) is 0.917. The second-order valence-corrected chi connectivity index (χ2v) is 6.34. The Hall–Kier alpha value is -1.58. The Kier molecular flexibility index (Phi) is 6.43. The molecule has 1 aliphatic rings. The van der Waals surface area contributed by atoms with Crippen LogP contribution in [-0.4, -0.2) is 19.0 Å². The molecule has 0 spiro atoms. The van der Waals surface area contributed by atoms with E-state index in [-0.39, 0.29) is 18.3 Å². The van der Waals surface area contributed by atoms with Gasteiger partial charge in [0, 0.05) is 17.5 Å². The summed E-state index contributed by atoms with van der Waals surface area (Å²) in [5.74, 6) is 1.24. The van der Waals surface area contributed by atoms with Gasteiger partial charge in [-0.3, -0.25) is 4.79 Å². The fourth-order valence-corrected chi connectivity index (χ4v) is 3.41. The molecule has 124 valence electrons. The molecule has 3 rings (SSSR count). The second kappa shape index (κ2) is 8.32. The lowest BCUT2D eigenvalue weighted by Crippen LogP contribution is -2.32. The number of nitrogens with one attached hydrogen (secondary N) is 2. The van der Waals surface area contributed by atoms with Crippen LogP contribution in [0.4, 0.5) is 5.69 Å². The summed E-state index contributed by atoms with van der Waals surface area (Å²) >= 11 is 0. The first kappa shape index (κ1) is 17.8. The van der Waals surface area contributed by atoms with Crippen LogP contribution in [0.25, 0.3) is 10.8 Å². The van der Waals surface area contributed by atoms with Crippen molar-refractivity contribution in [2.45, 2.75) is 26.2 Å². The van der Waals surface area contributed by atoms with Gasteiger partial charge in [-0.1, -0.05) is 43.3 Å². The summed E-state index contributed by atoms with van der Waals surface area (Å²) in [5, 5.41) is 8.75. The molecule has 1 fully saturated rings. The van der Waals surface area contributed by atoms with E-state index in [9.17, 15) is 4.79 Å². The first-order valence-electron chi connectivity index (χ1n) is 8.22. The maximum Gasteiger partial charge on any atom is 0.224 e. The highest BCUT2D eigenvalue weighted by Crippen LogP contribution is 2.26. The highest BCUT2D eigenvalue weighted by Gasteiger charge is 2.22. The van der Waals surface area contributed by atoms with E-state index in [0.29, 0.717) is 18.3 Å². The first-order valence-corrected chi connectivity index (χ1v) is 8.22. The topological polar surface area (TPSA) is 41.1 Å². The molecule has 1 amide bonds. The molecule has 2 aromatic carbocycles. The van der Waals surface area contributed by atoms with Crippen molar-refractivity contribution in [2.75, 3.05) is 18.4 Å². The molecule has 1 heterocycles. The summed E-state index contributed by atoms with van der Waals surface area (Å²) in [6.45, 7) is 4.37. The molecule has 2 aromatic rings. The van der Waals surface area contributed by atoms with E-state index in [1.165, 1.54) is 12.8 Å². The number of piperidine rings is 1. The number of amides is 1. The smallest absolute Gasteiger partial charge is 0.224 e. The molecule has 2 N–H and O–H groups in total. The lowest BCUT2D eigenvalue weighted by Gasteiger charge is -2.27. The number of anilines is 1. The molecule has 23 heavy (non-hydrogen) atoms. The molecule has 4 heteroatoms. The van der Waals surface area contributed by atoms with E-state index in [4.69, 9.17) is 0 Å². The van der Waals surface area contributed by atoms with Gasteiger partial charge in [0.05, 0.1) is 0 Å². The highest BCUT2D eigenvalue weighted by atomic mass is 35.5. The molecule has 1 atom stereocenters. The predicted molar refractivity (Wildman–Crippen MR) is 99.2 cm³/mol. The molecule has 1 saturated heterocycles. The van der Waals surface area contributed by atoms with Gasteiger partial charge >= 0.3 is 0 Å². The summed E-state index contributed by atoms with van der Waals surface area (Å²) in [6.07, 6.45) is 2.97. The van der Waals surface area contributed by atoms with Crippen molar-refractivity contribution < 1.29 is 4.79 Å². The van der Waals surface area contributed by atoms with Gasteiger partial charge in [0.25, 0.3) is 0 Å². The number of fused-ring (bicyclic) bond motifs is 1. The first-order chi connectivity index (χ1) is 10.7. The van der Waals surface area contributed by atoms with E-state index in [2.05, 4.69) is 35.8 Å². The van der Waals surface area contributed by atoms with Crippen molar-refractivity contribution in [3.05, 3.63) is 42.5 Å². The predicted octanol–water partition coefficient (Wildman–Crippen LogP) is 4.23. The molecular formula is C19H25ClN2O. The molecule has 0 bridgehead atoms. The Morgan fingerprint density at radius 3 is 2.65 bits per heavy atom. The van der Waals surface area contributed by atoms with Crippen LogP contribution in [0.5, 0.6) is 0 Å². The van der Waals surface area contributed by atoms with Crippen molar-refractivity contribution >= 4 is 34.8 Å². The van der Waals surface area contributed by atoms with Crippen LogP contribution in [0.1, 0.15) is 26.2 Å². The van der Waals surface area contributed by atoms with Gasteiger partial charge in [0.15, 0.2) is 0 Å². The minimum atomic E-state index is 0. The maximum absolute atomic E-state index is 12.4. The number of rotatable bonds is 4. The number of hydrogen-bond acceptors (Lipinski definition) is 2. The number of halogens is 1. The number of carbonyl (C=O) groups excluding carboxylic acids is 1. The molecular weight excluding hydrogens is 308 g/mol. The normalized spacial score (nSPS) is 16.6. The molecule has 0 aliphatic carbocycles. The zero-order chi connectivity index (χ0) is 15.4. The Labute approximate surface area is 144 Å². The minimum absolute atomic E-state index is 0. The van der Waals surface area contributed by atoms with Crippen LogP contribution >= 0.6 is 12.4 Å². The summed E-state index contributed by atoms with van der Waals surface area (Å²) in [4.78, 5) is 12.4. The average molecular weight is 333 g/mol. The zero-order valence-electron chi connectivity index (χ0n) is 13.5. The van der Waals surface area contributed by atoms with Crippen LogP contribution in [0, 0.1) is 11.8 Å². The Balaban J connectivity index is 0.00000192. The van der Waals surface area contributed by atoms with Crippen LogP contribution < -0.4 is 10.6 Å². The fourth-order valence-electron chi connectivity index (χ4n) is 3.41. The van der Waals surface area contributed by atoms with Gasteiger partial charge in [0.2, 0.25) is 5.91 Å². The van der Waals surface area contributed by atoms with Crippen molar-refractivity contribution in [3.63, 3.8) is 0 Å². The molecule has 1 unspecified atom stereocenters. The summed E-state index contributed by atoms with van der Waals surface area (Å²) in [7, 11) is 0. The monoisotopic (exact) mass is 332 g/mol. The van der Waals surface area contributed by atoms with Crippen molar-refractivity contribution in [1.29, 1.82) is 0 Å². The van der Waals surface area contributed by atoms with E-state index in [1.54, 1.807) is 0 Å². The Morgan fingerprint density at radius 1 is 1.17 bits per heavy atom. The second-order valence-electron chi connectivity index (χ2n) is 6.34. The van der Waals surface area contributed by atoms with Gasteiger partial charge in [0.1, 0.15) is 0 Å². The van der Waals surface area contributed by atoms with Crippen molar-refractivity contribution in [1.82, 2.24) is 5.32 Å². The Bertz CT molecular complexity index is 647. The zero-order valence-corrected chi connectivity index (χ0v) is 14.4. The van der Waals surface area contributed by atoms with Gasteiger partial charge in [-0.2, -0.15) is 0 Å². The molecule has 0 saturated carbocycles. The van der Waals surface area contributed by atoms with Crippen LogP contribution in [0.3, 0.4) is 0 Å². The quantitative estimate of drug-likeness (QED) is 0.879. The number of hydrogen-bond donors (Lipinski definition) is 2. The lowest BCUT2D eigenvalue weighted by atomic mass is 9.84. The van der Waals surface area contributed by atoms with Gasteiger partial charge in [-0.15, -0.1) is 12.4 Å². The summed E-state index contributed by atoms with van der Waals surface area (Å²) < 4.78 is 0.